The van der Waals surface area contributed by atoms with Crippen LogP contribution in [0, 0.1) is 20.8 Å². The third kappa shape index (κ3) is 7.07. The molecule has 202 valence electrons. The highest BCUT2D eigenvalue weighted by atomic mass is 32.1. The molecule has 4 rings (SSSR count). The number of benzene rings is 2. The summed E-state index contributed by atoms with van der Waals surface area (Å²) in [6.07, 6.45) is 2.50. The van der Waals surface area contributed by atoms with Crippen LogP contribution in [0.2, 0.25) is 0 Å². The van der Waals surface area contributed by atoms with E-state index < -0.39 is 0 Å². The third-order valence-corrected chi connectivity index (χ3v) is 7.78. The van der Waals surface area contributed by atoms with Crippen molar-refractivity contribution in [1.82, 2.24) is 9.80 Å². The van der Waals surface area contributed by atoms with E-state index in [1.165, 1.54) is 4.88 Å². The fourth-order valence-electron chi connectivity index (χ4n) is 4.49. The largest absolute Gasteiger partial charge is 0.493 e. The van der Waals surface area contributed by atoms with Gasteiger partial charge in [-0.05, 0) is 81.5 Å². The highest BCUT2D eigenvalue weighted by Crippen LogP contribution is 2.29. The van der Waals surface area contributed by atoms with Gasteiger partial charge in [-0.3, -0.25) is 4.79 Å². The summed E-state index contributed by atoms with van der Waals surface area (Å²) >= 11 is 1.69. The predicted molar refractivity (Wildman–Crippen MR) is 152 cm³/mol. The van der Waals surface area contributed by atoms with Gasteiger partial charge in [0.05, 0.1) is 20.8 Å². The van der Waals surface area contributed by atoms with Crippen LogP contribution in [0.1, 0.15) is 39.3 Å². The fraction of sp³-hybridized carbons (Fsp3) is 0.400. The van der Waals surface area contributed by atoms with Crippen LogP contribution in [0.5, 0.6) is 11.5 Å². The fourth-order valence-corrected chi connectivity index (χ4v) is 5.40. The maximum Gasteiger partial charge on any atom is 0.322 e. The second-order valence-corrected chi connectivity index (χ2v) is 11.2. The van der Waals surface area contributed by atoms with Crippen molar-refractivity contribution in [2.45, 2.75) is 52.6 Å². The van der Waals surface area contributed by atoms with Gasteiger partial charge < -0.3 is 24.6 Å². The molecule has 0 spiro atoms. The van der Waals surface area contributed by atoms with E-state index in [-0.39, 0.29) is 24.5 Å². The van der Waals surface area contributed by atoms with Crippen LogP contribution in [-0.4, -0.2) is 55.1 Å². The molecular weight excluding hydrogens is 498 g/mol. The lowest BCUT2D eigenvalue weighted by Gasteiger charge is -2.28. The Hall–Kier alpha value is -3.52. The Balaban J connectivity index is 1.48. The molecule has 8 heteroatoms. The maximum atomic E-state index is 13.7. The summed E-state index contributed by atoms with van der Waals surface area (Å²) in [5.41, 5.74) is 3.97. The van der Waals surface area contributed by atoms with Gasteiger partial charge in [-0.2, -0.15) is 0 Å². The number of aryl methyl sites for hydroxylation is 3. The maximum absolute atomic E-state index is 13.7. The van der Waals surface area contributed by atoms with Gasteiger partial charge in [0.25, 0.3) is 0 Å². The Morgan fingerprint density at radius 2 is 1.74 bits per heavy atom. The van der Waals surface area contributed by atoms with Gasteiger partial charge in [0.2, 0.25) is 5.91 Å². The Morgan fingerprint density at radius 3 is 2.37 bits per heavy atom. The van der Waals surface area contributed by atoms with Crippen molar-refractivity contribution < 1.29 is 19.1 Å². The molecule has 3 amide bonds. The standard InChI is InChI=1S/C30H37N3O4S/c1-20-6-12-26(21(2)16-20)31-30(35)33(24-9-10-24)19-29(34)32(18-25-11-7-22(3)38-25)15-14-23-8-13-27(36-4)28(17-23)37-5/h6-8,11-13,16-17,24H,9-10,14-15,18-19H2,1-5H3,(H,31,35). The van der Waals surface area contributed by atoms with Crippen molar-refractivity contribution in [1.29, 1.82) is 0 Å². The van der Waals surface area contributed by atoms with Crippen LogP contribution in [0.3, 0.4) is 0 Å². The summed E-state index contributed by atoms with van der Waals surface area (Å²) < 4.78 is 10.8. The normalized spacial score (nSPS) is 12.7. The number of rotatable bonds is 11. The molecule has 1 fully saturated rings. The number of nitrogens with one attached hydrogen (secondary N) is 1. The number of carbonyl (C=O) groups excluding carboxylic acids is 2. The van der Waals surface area contributed by atoms with Crippen molar-refractivity contribution in [3.8, 4) is 11.5 Å². The van der Waals surface area contributed by atoms with E-state index in [9.17, 15) is 9.59 Å². The van der Waals surface area contributed by atoms with Gasteiger partial charge in [0.15, 0.2) is 11.5 Å². The minimum atomic E-state index is -0.223. The first-order chi connectivity index (χ1) is 18.3. The van der Waals surface area contributed by atoms with Gasteiger partial charge in [0.1, 0.15) is 6.54 Å². The molecule has 0 bridgehead atoms. The molecule has 0 saturated heterocycles. The minimum absolute atomic E-state index is 0.0533. The third-order valence-electron chi connectivity index (χ3n) is 6.79. The van der Waals surface area contributed by atoms with Crippen LogP contribution in [0.4, 0.5) is 10.5 Å². The van der Waals surface area contributed by atoms with Crippen molar-refractivity contribution >= 4 is 29.0 Å². The van der Waals surface area contributed by atoms with Crippen LogP contribution >= 0.6 is 11.3 Å². The van der Waals surface area contributed by atoms with Crippen molar-refractivity contribution in [3.05, 3.63) is 75.0 Å². The Bertz CT molecular complexity index is 1280. The number of thiophene rings is 1. The number of hydrogen-bond donors (Lipinski definition) is 1. The van der Waals surface area contributed by atoms with Gasteiger partial charge >= 0.3 is 6.03 Å². The first kappa shape index (κ1) is 27.5. The average molecular weight is 536 g/mol. The number of ether oxygens (including phenoxy) is 2. The molecule has 1 aromatic heterocycles. The Labute approximate surface area is 229 Å². The SMILES string of the molecule is COc1ccc(CCN(Cc2ccc(C)s2)C(=O)CN(C(=O)Nc2ccc(C)cc2C)C2CC2)cc1OC. The molecule has 1 saturated carbocycles. The summed E-state index contributed by atoms with van der Waals surface area (Å²) in [6.45, 7) is 7.17. The van der Waals surface area contributed by atoms with Gasteiger partial charge in [-0.25, -0.2) is 4.79 Å². The van der Waals surface area contributed by atoms with E-state index in [0.29, 0.717) is 31.0 Å². The smallest absolute Gasteiger partial charge is 0.322 e. The molecular formula is C30H37N3O4S. The monoisotopic (exact) mass is 535 g/mol. The van der Waals surface area contributed by atoms with E-state index >= 15 is 0 Å². The molecule has 0 unspecified atom stereocenters. The van der Waals surface area contributed by atoms with E-state index in [1.54, 1.807) is 30.5 Å². The van der Waals surface area contributed by atoms with Crippen molar-refractivity contribution in [2.75, 3.05) is 32.6 Å². The molecule has 0 aliphatic heterocycles. The highest BCUT2D eigenvalue weighted by molar-refractivity contribution is 7.11. The van der Waals surface area contributed by atoms with E-state index in [2.05, 4.69) is 24.4 Å². The van der Waals surface area contributed by atoms with Gasteiger partial charge in [-0.1, -0.05) is 23.8 Å². The molecule has 1 heterocycles. The molecule has 7 nitrogen and oxygen atoms in total. The zero-order valence-corrected chi connectivity index (χ0v) is 23.7. The summed E-state index contributed by atoms with van der Waals surface area (Å²) in [5.74, 6) is 1.28. The molecule has 0 atom stereocenters. The second-order valence-electron chi connectivity index (χ2n) is 9.87. The minimum Gasteiger partial charge on any atom is -0.493 e. The topological polar surface area (TPSA) is 71.1 Å². The highest BCUT2D eigenvalue weighted by Gasteiger charge is 2.35. The van der Waals surface area contributed by atoms with E-state index in [4.69, 9.17) is 9.47 Å². The first-order valence-corrected chi connectivity index (χ1v) is 13.8. The quantitative estimate of drug-likeness (QED) is 0.329. The zero-order valence-electron chi connectivity index (χ0n) is 22.9. The molecule has 3 aromatic rings. The first-order valence-electron chi connectivity index (χ1n) is 13.0. The van der Waals surface area contributed by atoms with E-state index in [0.717, 1.165) is 40.1 Å². The molecule has 0 radical (unpaired) electrons. The Kier molecular flexibility index (Phi) is 8.94. The Morgan fingerprint density at radius 1 is 0.974 bits per heavy atom. The van der Waals surface area contributed by atoms with Crippen LogP contribution in [-0.2, 0) is 17.8 Å². The summed E-state index contributed by atoms with van der Waals surface area (Å²) in [4.78, 5) is 32.9. The molecule has 38 heavy (non-hydrogen) atoms. The predicted octanol–water partition coefficient (Wildman–Crippen LogP) is 5.96. The van der Waals surface area contributed by atoms with Gasteiger partial charge in [-0.15, -0.1) is 11.3 Å². The van der Waals surface area contributed by atoms with Crippen molar-refractivity contribution in [3.63, 3.8) is 0 Å². The van der Waals surface area contributed by atoms with Crippen molar-refractivity contribution in [2.24, 2.45) is 0 Å². The molecule has 1 N–H and O–H groups in total. The van der Waals surface area contributed by atoms with Crippen LogP contribution < -0.4 is 14.8 Å². The number of carbonyl (C=O) groups is 2. The average Bonchev–Trinajstić information content (AvgIpc) is 3.66. The number of amides is 3. The summed E-state index contributed by atoms with van der Waals surface area (Å²) in [6, 6.07) is 15.8. The molecule has 1 aliphatic rings. The zero-order chi connectivity index (χ0) is 27.2. The number of anilines is 1. The number of urea groups is 1. The number of hydrogen-bond acceptors (Lipinski definition) is 5. The second kappa shape index (κ2) is 12.3. The lowest BCUT2D eigenvalue weighted by atomic mass is 10.1. The molecule has 1 aliphatic carbocycles. The van der Waals surface area contributed by atoms with Crippen LogP contribution in [0.15, 0.2) is 48.5 Å². The summed E-state index contributed by atoms with van der Waals surface area (Å²) in [7, 11) is 3.23. The van der Waals surface area contributed by atoms with Crippen LogP contribution in [0.25, 0.3) is 0 Å². The lowest BCUT2D eigenvalue weighted by Crippen LogP contribution is -2.45. The number of methoxy groups -OCH3 is 2. The molecule has 2 aromatic carbocycles. The number of nitrogens with zero attached hydrogens (tertiary/aromatic N) is 2. The van der Waals surface area contributed by atoms with Gasteiger partial charge in [0, 0.05) is 28.0 Å². The lowest BCUT2D eigenvalue weighted by molar-refractivity contribution is -0.132. The summed E-state index contributed by atoms with van der Waals surface area (Å²) in [5, 5.41) is 3.03. The van der Waals surface area contributed by atoms with E-state index in [1.807, 2.05) is 55.1 Å².